The molecule has 1 aliphatic heterocycles. The van der Waals surface area contributed by atoms with Crippen molar-refractivity contribution in [2.75, 3.05) is 0 Å². The third-order valence-electron chi connectivity index (χ3n) is 6.05. The molecule has 3 heteroatoms. The van der Waals surface area contributed by atoms with E-state index in [2.05, 4.69) is 88.1 Å². The van der Waals surface area contributed by atoms with Crippen LogP contribution in [0.4, 0.5) is 0 Å². The zero-order valence-corrected chi connectivity index (χ0v) is 23.5. The molecule has 0 amide bonds. The Morgan fingerprint density at radius 3 is 1.94 bits per heavy atom. The van der Waals surface area contributed by atoms with Crippen LogP contribution in [0.25, 0.3) is 16.9 Å². The standard InChI is InChI=1S/C30H36N2.2CH3.Ni/c1-5-9-14-24-16-13-18-26(22-24)30-28(20-11-7-3)27(19-10-6-2)29(32(30)31)25-17-12-15-23(8-4)21-25;;;/h12-13,15-18,21-22H,5-10,14,19H2,1-4H3;2*1H3;/q;2*-1;+2. The molecule has 0 saturated carbocycles. The minimum Gasteiger partial charge on any atom is -0.493 e. The molecule has 0 aliphatic carbocycles. The molecule has 0 saturated heterocycles. The number of hydrogen-bond donors (Lipinski definition) is 0. The first-order chi connectivity index (χ1) is 15.6. The number of unbranched alkanes of at least 4 members (excludes halogenated alkanes) is 2. The van der Waals surface area contributed by atoms with Crippen LogP contribution < -0.4 is 0 Å². The van der Waals surface area contributed by atoms with Crippen molar-refractivity contribution in [1.29, 1.82) is 0 Å². The number of benzene rings is 2. The zero-order valence-electron chi connectivity index (χ0n) is 22.5. The maximum absolute atomic E-state index is 11.6. The van der Waals surface area contributed by atoms with Crippen molar-refractivity contribution in [3.8, 4) is 11.8 Å². The molecule has 3 rings (SSSR count). The Hall–Kier alpha value is -2.43. The van der Waals surface area contributed by atoms with Crippen LogP contribution in [-0.4, -0.2) is 4.70 Å². The summed E-state index contributed by atoms with van der Waals surface area (Å²) in [6.07, 6.45) is 8.25. The molecule has 0 bridgehead atoms. The molecule has 190 valence electrons. The Morgan fingerprint density at radius 2 is 1.34 bits per heavy atom. The van der Waals surface area contributed by atoms with Crippen LogP contribution in [0, 0.1) is 26.7 Å². The van der Waals surface area contributed by atoms with E-state index >= 15 is 0 Å². The number of hydrogen-bond acceptors (Lipinski definition) is 0. The van der Waals surface area contributed by atoms with Crippen molar-refractivity contribution in [2.45, 2.75) is 79.1 Å². The molecule has 0 N–H and O–H groups in total. The van der Waals surface area contributed by atoms with E-state index in [1.807, 2.05) is 0 Å². The van der Waals surface area contributed by atoms with Gasteiger partial charge in [-0.3, -0.25) is 0 Å². The third kappa shape index (κ3) is 7.78. The van der Waals surface area contributed by atoms with Crippen molar-refractivity contribution in [2.24, 2.45) is 0 Å². The van der Waals surface area contributed by atoms with Crippen LogP contribution in [0.5, 0.6) is 0 Å². The molecule has 1 heterocycles. The summed E-state index contributed by atoms with van der Waals surface area (Å²) in [4.78, 5) is 0. The maximum Gasteiger partial charge on any atom is 2.00 e. The summed E-state index contributed by atoms with van der Waals surface area (Å²) in [6, 6.07) is 17.2. The van der Waals surface area contributed by atoms with Crippen LogP contribution in [0.15, 0.2) is 59.7 Å². The van der Waals surface area contributed by atoms with Gasteiger partial charge in [0.25, 0.3) is 0 Å². The number of rotatable bonds is 9. The average molecular weight is 513 g/mol. The zero-order chi connectivity index (χ0) is 22.9. The fraction of sp³-hybridized carbons (Fsp3) is 0.375. The fourth-order valence-electron chi connectivity index (χ4n) is 4.27. The van der Waals surface area contributed by atoms with Crippen LogP contribution in [-0.2, 0) is 29.3 Å². The van der Waals surface area contributed by atoms with Gasteiger partial charge in [0, 0.05) is 23.1 Å². The van der Waals surface area contributed by atoms with Gasteiger partial charge in [0.2, 0.25) is 11.4 Å². The van der Waals surface area contributed by atoms with Gasteiger partial charge in [0.1, 0.15) is 5.57 Å². The first-order valence-electron chi connectivity index (χ1n) is 12.3. The Morgan fingerprint density at radius 1 is 0.771 bits per heavy atom. The van der Waals surface area contributed by atoms with Gasteiger partial charge < -0.3 is 20.4 Å². The van der Waals surface area contributed by atoms with E-state index in [9.17, 15) is 5.53 Å². The van der Waals surface area contributed by atoms with Gasteiger partial charge >= 0.3 is 16.5 Å². The Labute approximate surface area is 225 Å². The average Bonchev–Trinajstić information content (AvgIpc) is 3.10. The van der Waals surface area contributed by atoms with Crippen LogP contribution in [0.3, 0.4) is 0 Å². The normalized spacial score (nSPS) is 12.4. The summed E-state index contributed by atoms with van der Waals surface area (Å²) in [7, 11) is 0. The second-order valence-corrected chi connectivity index (χ2v) is 8.48. The monoisotopic (exact) mass is 512 g/mol. The SMILES string of the molecule is CCC#CC1=C(c2cccc(CCCC)c2)[N+](=[N-])C(c2cccc(CC)c2)=C1CCCC.[CH3-].[CH3-].[Ni+2]. The molecule has 2 nitrogen and oxygen atoms in total. The molecular formula is C32H42N2Ni. The Bertz CT molecular complexity index is 1100. The van der Waals surface area contributed by atoms with Crippen molar-refractivity contribution in [3.05, 3.63) is 102 Å². The van der Waals surface area contributed by atoms with Gasteiger partial charge in [-0.2, -0.15) is 0 Å². The molecule has 0 aromatic heterocycles. The molecule has 2 aromatic carbocycles. The number of aryl methyl sites for hydroxylation is 2. The van der Waals surface area contributed by atoms with Crippen LogP contribution in [0.1, 0.15) is 88.5 Å². The molecular weight excluding hydrogens is 471 g/mol. The van der Waals surface area contributed by atoms with E-state index in [4.69, 9.17) is 0 Å². The van der Waals surface area contributed by atoms with Gasteiger partial charge in [-0.1, -0.05) is 76.6 Å². The first kappa shape index (κ1) is 32.6. The van der Waals surface area contributed by atoms with E-state index in [1.165, 1.54) is 28.7 Å². The van der Waals surface area contributed by atoms with Crippen molar-refractivity contribution in [1.82, 2.24) is 0 Å². The molecule has 1 aliphatic rings. The molecule has 0 unspecified atom stereocenters. The van der Waals surface area contributed by atoms with E-state index in [-0.39, 0.29) is 31.3 Å². The van der Waals surface area contributed by atoms with Crippen molar-refractivity contribution < 1.29 is 21.2 Å². The van der Waals surface area contributed by atoms with Crippen molar-refractivity contribution in [3.63, 3.8) is 0 Å². The van der Waals surface area contributed by atoms with E-state index < -0.39 is 0 Å². The maximum atomic E-state index is 11.6. The number of nitrogens with zero attached hydrogens (tertiary/aromatic N) is 2. The second kappa shape index (κ2) is 16.3. The minimum atomic E-state index is 0. The summed E-state index contributed by atoms with van der Waals surface area (Å²) < 4.78 is 1.42. The smallest absolute Gasteiger partial charge is 0.493 e. The molecule has 2 aromatic rings. The van der Waals surface area contributed by atoms with E-state index in [0.717, 1.165) is 72.2 Å². The summed E-state index contributed by atoms with van der Waals surface area (Å²) in [5.41, 5.74) is 20.1. The molecule has 0 fully saturated rings. The van der Waals surface area contributed by atoms with Gasteiger partial charge in [-0.15, -0.1) is 0 Å². The van der Waals surface area contributed by atoms with Crippen LogP contribution in [0.2, 0.25) is 0 Å². The summed E-state index contributed by atoms with van der Waals surface area (Å²) >= 11 is 0. The molecule has 35 heavy (non-hydrogen) atoms. The second-order valence-electron chi connectivity index (χ2n) is 8.48. The van der Waals surface area contributed by atoms with E-state index in [0.29, 0.717) is 0 Å². The predicted molar refractivity (Wildman–Crippen MR) is 149 cm³/mol. The van der Waals surface area contributed by atoms with Crippen molar-refractivity contribution >= 4 is 11.4 Å². The van der Waals surface area contributed by atoms with E-state index in [1.54, 1.807) is 0 Å². The molecule has 0 spiro atoms. The van der Waals surface area contributed by atoms with Gasteiger partial charge in [-0.25, -0.2) is 4.70 Å². The Balaban J connectivity index is 0.00000385. The molecule has 0 atom stereocenters. The third-order valence-corrected chi connectivity index (χ3v) is 6.05. The van der Waals surface area contributed by atoms with Gasteiger partial charge in [0.05, 0.1) is 0 Å². The summed E-state index contributed by atoms with van der Waals surface area (Å²) in [5.74, 6) is 6.71. The summed E-state index contributed by atoms with van der Waals surface area (Å²) in [5, 5.41) is 0. The topological polar surface area (TPSA) is 25.3 Å². The Kier molecular flexibility index (Phi) is 15.2. The fourth-order valence-corrected chi connectivity index (χ4v) is 4.27. The summed E-state index contributed by atoms with van der Waals surface area (Å²) in [6.45, 7) is 8.67. The largest absolute Gasteiger partial charge is 2.00 e. The quantitative estimate of drug-likeness (QED) is 0.138. The number of allylic oxidation sites excluding steroid dienone is 2. The van der Waals surface area contributed by atoms with Gasteiger partial charge in [0.15, 0.2) is 0 Å². The van der Waals surface area contributed by atoms with Gasteiger partial charge in [-0.05, 0) is 67.5 Å². The predicted octanol–water partition coefficient (Wildman–Crippen LogP) is 9.26. The first-order valence-corrected chi connectivity index (χ1v) is 12.3. The van der Waals surface area contributed by atoms with Crippen LogP contribution >= 0.6 is 0 Å². The minimum absolute atomic E-state index is 0. The molecule has 0 radical (unpaired) electrons.